The number of carbonyl (C=O) groups excluding carboxylic acids is 1. The maximum Gasteiger partial charge on any atom is 0.415 e. The van der Waals surface area contributed by atoms with Gasteiger partial charge in [0.1, 0.15) is 0 Å². The number of rotatable bonds is 3. The van der Waals surface area contributed by atoms with Crippen molar-refractivity contribution in [2.24, 2.45) is 5.73 Å². The van der Waals surface area contributed by atoms with Crippen molar-refractivity contribution in [2.45, 2.75) is 18.8 Å². The van der Waals surface area contributed by atoms with Crippen molar-refractivity contribution in [1.29, 1.82) is 0 Å². The Morgan fingerprint density at radius 2 is 2.26 bits per heavy atom. The molecule has 0 radical (unpaired) electrons. The maximum absolute atomic E-state index is 12.5. The van der Waals surface area contributed by atoms with Crippen molar-refractivity contribution < 1.29 is 27.2 Å². The largest absolute Gasteiger partial charge is 0.415 e. The molecule has 1 aliphatic heterocycles. The molecule has 1 aromatic rings. The molecule has 2 rings (SSSR count). The standard InChI is InChI=1S/C9H11F3N4O3/c10-9(11,12)5-3-16(1-2-18-5)4-6-14-8(7(13)17)19-15-6/h5H,1-4H2,(H2,13,17)/t5-/m0/s1. The van der Waals surface area contributed by atoms with E-state index >= 15 is 0 Å². The first-order valence-electron chi connectivity index (χ1n) is 5.39. The number of halogens is 3. The quantitative estimate of drug-likeness (QED) is 0.833. The van der Waals surface area contributed by atoms with Crippen molar-refractivity contribution in [3.05, 3.63) is 11.7 Å². The lowest BCUT2D eigenvalue weighted by Crippen LogP contribution is -2.48. The molecule has 0 saturated carbocycles. The summed E-state index contributed by atoms with van der Waals surface area (Å²) in [6, 6.07) is 0. The van der Waals surface area contributed by atoms with Crippen LogP contribution in [0.25, 0.3) is 0 Å². The molecule has 0 aromatic carbocycles. The SMILES string of the molecule is NC(=O)c1nc(CN2CCO[C@H](C(F)(F)F)C2)no1. The van der Waals surface area contributed by atoms with Crippen molar-refractivity contribution in [1.82, 2.24) is 15.0 Å². The lowest BCUT2D eigenvalue weighted by atomic mass is 10.2. The molecule has 1 saturated heterocycles. The summed E-state index contributed by atoms with van der Waals surface area (Å²) in [7, 11) is 0. The number of amides is 1. The van der Waals surface area contributed by atoms with Crippen LogP contribution in [0.4, 0.5) is 13.2 Å². The molecule has 1 aromatic heterocycles. The molecule has 19 heavy (non-hydrogen) atoms. The van der Waals surface area contributed by atoms with Gasteiger partial charge in [0.2, 0.25) is 0 Å². The summed E-state index contributed by atoms with van der Waals surface area (Å²) in [6.07, 6.45) is -6.24. The van der Waals surface area contributed by atoms with E-state index in [9.17, 15) is 18.0 Å². The summed E-state index contributed by atoms with van der Waals surface area (Å²) in [5.41, 5.74) is 4.92. The molecule has 0 unspecified atom stereocenters. The normalized spacial score (nSPS) is 21.5. The third-order valence-electron chi connectivity index (χ3n) is 2.56. The summed E-state index contributed by atoms with van der Waals surface area (Å²) in [6.45, 7) is -0.00556. The molecule has 10 heteroatoms. The zero-order valence-electron chi connectivity index (χ0n) is 9.68. The van der Waals surface area contributed by atoms with Gasteiger partial charge in [0, 0.05) is 13.1 Å². The highest BCUT2D eigenvalue weighted by Crippen LogP contribution is 2.26. The molecule has 2 heterocycles. The Bertz CT molecular complexity index is 462. The Balaban J connectivity index is 1.96. The van der Waals surface area contributed by atoms with E-state index in [0.717, 1.165) is 0 Å². The van der Waals surface area contributed by atoms with Gasteiger partial charge in [-0.2, -0.15) is 18.2 Å². The molecule has 1 aliphatic rings. The van der Waals surface area contributed by atoms with Gasteiger partial charge in [-0.3, -0.25) is 9.69 Å². The minimum absolute atomic E-state index is 0.0344. The summed E-state index contributed by atoms with van der Waals surface area (Å²) < 4.78 is 46.7. The topological polar surface area (TPSA) is 94.5 Å². The fourth-order valence-electron chi connectivity index (χ4n) is 1.66. The van der Waals surface area contributed by atoms with E-state index in [1.54, 1.807) is 0 Å². The van der Waals surface area contributed by atoms with Crippen LogP contribution in [-0.4, -0.2) is 52.9 Å². The highest BCUT2D eigenvalue weighted by atomic mass is 19.4. The second-order valence-corrected chi connectivity index (χ2v) is 4.02. The summed E-state index contributed by atoms with van der Waals surface area (Å²) in [5, 5.41) is 3.47. The molecule has 1 fully saturated rings. The molecule has 0 spiro atoms. The van der Waals surface area contributed by atoms with Crippen molar-refractivity contribution in [3.8, 4) is 0 Å². The zero-order chi connectivity index (χ0) is 14.0. The van der Waals surface area contributed by atoms with Crippen LogP contribution in [0.1, 0.15) is 16.5 Å². The minimum Gasteiger partial charge on any atom is -0.366 e. The molecule has 2 N–H and O–H groups in total. The van der Waals surface area contributed by atoms with Crippen LogP contribution in [0.2, 0.25) is 0 Å². The number of ether oxygens (including phenoxy) is 1. The molecule has 0 bridgehead atoms. The molecule has 0 aliphatic carbocycles. The van der Waals surface area contributed by atoms with Gasteiger partial charge in [-0.15, -0.1) is 0 Å². The van der Waals surface area contributed by atoms with E-state index in [1.165, 1.54) is 4.90 Å². The van der Waals surface area contributed by atoms with Gasteiger partial charge in [-0.25, -0.2) is 0 Å². The molecule has 7 nitrogen and oxygen atoms in total. The van der Waals surface area contributed by atoms with Crippen LogP contribution in [0.5, 0.6) is 0 Å². The first-order valence-corrected chi connectivity index (χ1v) is 5.39. The lowest BCUT2D eigenvalue weighted by Gasteiger charge is -2.32. The van der Waals surface area contributed by atoms with Gasteiger partial charge in [0.05, 0.1) is 13.2 Å². The highest BCUT2D eigenvalue weighted by molar-refractivity contribution is 5.87. The highest BCUT2D eigenvalue weighted by Gasteiger charge is 2.43. The molecule has 1 amide bonds. The number of hydrogen-bond donors (Lipinski definition) is 1. The first-order chi connectivity index (χ1) is 8.86. The van der Waals surface area contributed by atoms with Crippen molar-refractivity contribution >= 4 is 5.91 Å². The van der Waals surface area contributed by atoms with Crippen LogP contribution < -0.4 is 5.73 Å². The number of aromatic nitrogens is 2. The average molecular weight is 280 g/mol. The van der Waals surface area contributed by atoms with E-state index in [2.05, 4.69) is 19.4 Å². The number of morpholine rings is 1. The van der Waals surface area contributed by atoms with Crippen molar-refractivity contribution in [2.75, 3.05) is 19.7 Å². The monoisotopic (exact) mass is 280 g/mol. The van der Waals surface area contributed by atoms with E-state index in [1.807, 2.05) is 0 Å². The Hall–Kier alpha value is -1.68. The average Bonchev–Trinajstić information content (AvgIpc) is 2.77. The van der Waals surface area contributed by atoms with Gasteiger partial charge < -0.3 is 15.0 Å². The van der Waals surface area contributed by atoms with Crippen LogP contribution in [0.15, 0.2) is 4.52 Å². The second-order valence-electron chi connectivity index (χ2n) is 4.02. The van der Waals surface area contributed by atoms with Crippen LogP contribution in [0, 0.1) is 0 Å². The van der Waals surface area contributed by atoms with Gasteiger partial charge >= 0.3 is 18.0 Å². The fraction of sp³-hybridized carbons (Fsp3) is 0.667. The summed E-state index contributed by atoms with van der Waals surface area (Å²) in [5.74, 6) is -1.14. The number of alkyl halides is 3. The van der Waals surface area contributed by atoms with E-state index < -0.39 is 18.2 Å². The summed E-state index contributed by atoms with van der Waals surface area (Å²) in [4.78, 5) is 15.9. The number of nitrogens with two attached hydrogens (primary N) is 1. The molecular weight excluding hydrogens is 269 g/mol. The van der Waals surface area contributed by atoms with E-state index in [-0.39, 0.29) is 31.4 Å². The first kappa shape index (κ1) is 13.7. The van der Waals surface area contributed by atoms with Gasteiger partial charge in [-0.1, -0.05) is 5.16 Å². The number of carbonyl (C=O) groups is 1. The van der Waals surface area contributed by atoms with Crippen molar-refractivity contribution in [3.63, 3.8) is 0 Å². The zero-order valence-corrected chi connectivity index (χ0v) is 9.68. The predicted octanol–water partition coefficient (Wildman–Crippen LogP) is -0.0684. The predicted molar refractivity (Wildman–Crippen MR) is 53.9 cm³/mol. The number of primary amides is 1. The van der Waals surface area contributed by atoms with Gasteiger partial charge in [0.25, 0.3) is 0 Å². The van der Waals surface area contributed by atoms with E-state index in [4.69, 9.17) is 5.73 Å². The number of nitrogens with zero attached hydrogens (tertiary/aromatic N) is 3. The summed E-state index contributed by atoms with van der Waals surface area (Å²) >= 11 is 0. The second kappa shape index (κ2) is 5.13. The minimum atomic E-state index is -4.41. The Kier molecular flexibility index (Phi) is 3.71. The maximum atomic E-state index is 12.5. The molecular formula is C9H11F3N4O3. The molecule has 106 valence electrons. The Labute approximate surface area is 105 Å². The van der Waals surface area contributed by atoms with Crippen LogP contribution in [0.3, 0.4) is 0 Å². The fourth-order valence-corrected chi connectivity index (χ4v) is 1.66. The van der Waals surface area contributed by atoms with Gasteiger partial charge in [-0.05, 0) is 0 Å². The Morgan fingerprint density at radius 1 is 1.53 bits per heavy atom. The third kappa shape index (κ3) is 3.41. The van der Waals surface area contributed by atoms with E-state index in [0.29, 0.717) is 6.54 Å². The van der Waals surface area contributed by atoms with Crippen LogP contribution >= 0.6 is 0 Å². The number of hydrogen-bond acceptors (Lipinski definition) is 6. The molecule has 1 atom stereocenters. The third-order valence-corrected chi connectivity index (χ3v) is 2.56. The van der Waals surface area contributed by atoms with Gasteiger partial charge in [0.15, 0.2) is 11.9 Å². The lowest BCUT2D eigenvalue weighted by molar-refractivity contribution is -0.237. The smallest absolute Gasteiger partial charge is 0.366 e. The van der Waals surface area contributed by atoms with Crippen LogP contribution in [-0.2, 0) is 11.3 Å². The Morgan fingerprint density at radius 3 is 2.84 bits per heavy atom.